The van der Waals surface area contributed by atoms with Crippen LogP contribution >= 0.6 is 0 Å². The van der Waals surface area contributed by atoms with Crippen molar-refractivity contribution in [2.24, 2.45) is 17.4 Å². The Hall–Kier alpha value is -0.650. The molecule has 0 aromatic carbocycles. The third-order valence-electron chi connectivity index (χ3n) is 4.69. The van der Waals surface area contributed by atoms with E-state index < -0.39 is 5.54 Å². The van der Waals surface area contributed by atoms with E-state index in [9.17, 15) is 4.79 Å². The number of hydrogen-bond donors (Lipinski definition) is 2. The number of carbonyl (C=O) groups excluding carboxylic acids is 1. The van der Waals surface area contributed by atoms with Crippen LogP contribution in [0.1, 0.15) is 26.7 Å². The fraction of sp³-hybridized carbons (Fsp3) is 0.923. The van der Waals surface area contributed by atoms with Gasteiger partial charge in [0, 0.05) is 31.7 Å². The lowest BCUT2D eigenvalue weighted by Crippen LogP contribution is -2.64. The number of rotatable bonds is 4. The number of hydrogen-bond acceptors (Lipinski definition) is 4. The lowest BCUT2D eigenvalue weighted by molar-refractivity contribution is -0.125. The van der Waals surface area contributed by atoms with Crippen LogP contribution in [0.3, 0.4) is 0 Å². The van der Waals surface area contributed by atoms with E-state index in [1.807, 2.05) is 0 Å². The van der Waals surface area contributed by atoms with Gasteiger partial charge in [-0.05, 0) is 39.7 Å². The second-order valence-electron chi connectivity index (χ2n) is 6.24. The molecule has 0 bridgehead atoms. The third-order valence-corrected chi connectivity index (χ3v) is 4.69. The predicted octanol–water partition coefficient (Wildman–Crippen LogP) is -0.396. The highest BCUT2D eigenvalue weighted by Gasteiger charge is 2.48. The summed E-state index contributed by atoms with van der Waals surface area (Å²) in [4.78, 5) is 16.3. The second-order valence-corrected chi connectivity index (χ2v) is 6.24. The lowest BCUT2D eigenvalue weighted by Gasteiger charge is -2.44. The van der Waals surface area contributed by atoms with Gasteiger partial charge in [0.1, 0.15) is 5.54 Å². The Balaban J connectivity index is 2.02. The number of nitrogens with two attached hydrogens (primary N) is 2. The van der Waals surface area contributed by atoms with E-state index in [1.54, 1.807) is 0 Å². The molecule has 5 nitrogen and oxygen atoms in total. The molecule has 18 heavy (non-hydrogen) atoms. The van der Waals surface area contributed by atoms with Crippen LogP contribution in [0, 0.1) is 5.92 Å². The van der Waals surface area contributed by atoms with Crippen molar-refractivity contribution < 1.29 is 4.79 Å². The maximum Gasteiger partial charge on any atom is 0.239 e. The molecule has 0 aromatic rings. The van der Waals surface area contributed by atoms with Crippen LogP contribution in [0.4, 0.5) is 0 Å². The summed E-state index contributed by atoms with van der Waals surface area (Å²) >= 11 is 0. The van der Waals surface area contributed by atoms with Gasteiger partial charge in [0.2, 0.25) is 5.91 Å². The molecule has 2 rings (SSSR count). The smallest absolute Gasteiger partial charge is 0.239 e. The van der Waals surface area contributed by atoms with Gasteiger partial charge in [-0.25, -0.2) is 0 Å². The number of piperazine rings is 1. The molecule has 2 aliphatic rings. The van der Waals surface area contributed by atoms with E-state index in [4.69, 9.17) is 11.5 Å². The summed E-state index contributed by atoms with van der Waals surface area (Å²) in [7, 11) is 2.15. The van der Waals surface area contributed by atoms with E-state index in [-0.39, 0.29) is 5.91 Å². The third kappa shape index (κ3) is 2.53. The first-order chi connectivity index (χ1) is 8.34. The van der Waals surface area contributed by atoms with Gasteiger partial charge in [-0.3, -0.25) is 14.6 Å². The van der Waals surface area contributed by atoms with Crippen LogP contribution in [-0.2, 0) is 4.79 Å². The maximum atomic E-state index is 11.7. The molecule has 1 aliphatic heterocycles. The Bertz CT molecular complexity index is 319. The zero-order chi connectivity index (χ0) is 13.5. The first-order valence-electron chi connectivity index (χ1n) is 6.87. The molecule has 1 saturated carbocycles. The summed E-state index contributed by atoms with van der Waals surface area (Å²) < 4.78 is 0. The van der Waals surface area contributed by atoms with E-state index in [2.05, 4.69) is 30.7 Å². The van der Waals surface area contributed by atoms with Crippen LogP contribution in [0.5, 0.6) is 0 Å². The van der Waals surface area contributed by atoms with Crippen molar-refractivity contribution in [3.63, 3.8) is 0 Å². The van der Waals surface area contributed by atoms with Gasteiger partial charge in [-0.2, -0.15) is 0 Å². The van der Waals surface area contributed by atoms with Crippen molar-refractivity contribution in [3.8, 4) is 0 Å². The number of amides is 1. The molecule has 104 valence electrons. The number of likely N-dealkylation sites (N-methyl/N-ethyl adjacent to an activating group) is 1. The van der Waals surface area contributed by atoms with Crippen molar-refractivity contribution in [1.29, 1.82) is 0 Å². The van der Waals surface area contributed by atoms with E-state index in [0.717, 1.165) is 25.9 Å². The molecule has 3 atom stereocenters. The lowest BCUT2D eigenvalue weighted by atomic mass is 9.92. The van der Waals surface area contributed by atoms with Crippen molar-refractivity contribution in [3.05, 3.63) is 0 Å². The molecule has 0 radical (unpaired) electrons. The zero-order valence-corrected chi connectivity index (χ0v) is 11.7. The summed E-state index contributed by atoms with van der Waals surface area (Å²) in [6, 6.07) is 0.982. The minimum Gasteiger partial charge on any atom is -0.368 e. The number of carbonyl (C=O) groups is 1. The number of nitrogens with zero attached hydrogens (tertiary/aromatic N) is 2. The maximum absolute atomic E-state index is 11.7. The van der Waals surface area contributed by atoms with Crippen LogP contribution in [0.15, 0.2) is 0 Å². The van der Waals surface area contributed by atoms with Gasteiger partial charge < -0.3 is 11.5 Å². The Labute approximate surface area is 109 Å². The summed E-state index contributed by atoms with van der Waals surface area (Å²) in [5.41, 5.74) is 11.0. The van der Waals surface area contributed by atoms with E-state index >= 15 is 0 Å². The minimum atomic E-state index is -0.824. The highest BCUT2D eigenvalue weighted by Crippen LogP contribution is 2.38. The van der Waals surface area contributed by atoms with Crippen molar-refractivity contribution in [2.75, 3.05) is 26.7 Å². The van der Waals surface area contributed by atoms with Gasteiger partial charge in [-0.1, -0.05) is 0 Å². The molecule has 0 aromatic heterocycles. The predicted molar refractivity (Wildman–Crippen MR) is 72.0 cm³/mol. The summed E-state index contributed by atoms with van der Waals surface area (Å²) in [6.45, 7) is 6.94. The normalized spacial score (nSPS) is 34.2. The van der Waals surface area contributed by atoms with Crippen molar-refractivity contribution in [1.82, 2.24) is 9.80 Å². The molecule has 2 fully saturated rings. The highest BCUT2D eigenvalue weighted by atomic mass is 16.1. The standard InChI is InChI=1S/C13H26N4O/c1-9-6-17(7-10(2)16(9)3)8-13(15,12(14)18)11-4-5-11/h9-11H,4-8,15H2,1-3H3,(H2,14,18). The molecule has 0 spiro atoms. The molecule has 5 heteroatoms. The molecule has 1 aliphatic carbocycles. The fourth-order valence-electron chi connectivity index (χ4n) is 3.02. The van der Waals surface area contributed by atoms with E-state index in [1.165, 1.54) is 0 Å². The van der Waals surface area contributed by atoms with Gasteiger partial charge in [0.15, 0.2) is 0 Å². The molecule has 4 N–H and O–H groups in total. The molecule has 1 amide bonds. The monoisotopic (exact) mass is 254 g/mol. The second kappa shape index (κ2) is 4.79. The number of primary amides is 1. The molecular weight excluding hydrogens is 228 g/mol. The minimum absolute atomic E-state index is 0.292. The van der Waals surface area contributed by atoms with Crippen LogP contribution in [-0.4, -0.2) is 60.0 Å². The van der Waals surface area contributed by atoms with Crippen LogP contribution < -0.4 is 11.5 Å². The highest BCUT2D eigenvalue weighted by molar-refractivity contribution is 5.85. The average molecular weight is 254 g/mol. The molecule has 3 unspecified atom stereocenters. The summed E-state index contributed by atoms with van der Waals surface area (Å²) in [5.74, 6) is -0.0514. The first kappa shape index (κ1) is 13.8. The first-order valence-corrected chi connectivity index (χ1v) is 6.87. The fourth-order valence-corrected chi connectivity index (χ4v) is 3.02. The SMILES string of the molecule is CC1CN(CC(N)(C(N)=O)C2CC2)CC(C)N1C. The van der Waals surface area contributed by atoms with Crippen molar-refractivity contribution >= 4 is 5.91 Å². The average Bonchev–Trinajstić information content (AvgIpc) is 3.09. The molecule has 1 saturated heterocycles. The molecule has 1 heterocycles. The Morgan fingerprint density at radius 3 is 2.17 bits per heavy atom. The van der Waals surface area contributed by atoms with Crippen LogP contribution in [0.2, 0.25) is 0 Å². The van der Waals surface area contributed by atoms with Gasteiger partial charge >= 0.3 is 0 Å². The van der Waals surface area contributed by atoms with Gasteiger partial charge in [0.25, 0.3) is 0 Å². The Kier molecular flexibility index (Phi) is 3.67. The van der Waals surface area contributed by atoms with Gasteiger partial charge in [-0.15, -0.1) is 0 Å². The largest absolute Gasteiger partial charge is 0.368 e. The van der Waals surface area contributed by atoms with Crippen LogP contribution in [0.25, 0.3) is 0 Å². The topological polar surface area (TPSA) is 75.6 Å². The quantitative estimate of drug-likeness (QED) is 0.716. The summed E-state index contributed by atoms with van der Waals surface area (Å²) in [5, 5.41) is 0. The van der Waals surface area contributed by atoms with Crippen molar-refractivity contribution in [2.45, 2.75) is 44.3 Å². The molecular formula is C13H26N4O. The zero-order valence-electron chi connectivity index (χ0n) is 11.7. The summed E-state index contributed by atoms with van der Waals surface area (Å²) in [6.07, 6.45) is 2.08. The van der Waals surface area contributed by atoms with Gasteiger partial charge in [0.05, 0.1) is 0 Å². The Morgan fingerprint density at radius 1 is 1.28 bits per heavy atom. The van der Waals surface area contributed by atoms with E-state index in [0.29, 0.717) is 24.5 Å². The Morgan fingerprint density at radius 2 is 1.78 bits per heavy atom.